The average molecular weight is 378 g/mol. The van der Waals surface area contributed by atoms with E-state index < -0.39 is 0 Å². The minimum atomic E-state index is -0.330. The van der Waals surface area contributed by atoms with Gasteiger partial charge in [0.1, 0.15) is 5.82 Å². The summed E-state index contributed by atoms with van der Waals surface area (Å²) in [5.74, 6) is -0.330. The van der Waals surface area contributed by atoms with E-state index >= 15 is 0 Å². The van der Waals surface area contributed by atoms with Gasteiger partial charge in [-0.25, -0.2) is 4.39 Å². The molecule has 0 radical (unpaired) electrons. The topological polar surface area (TPSA) is 23.8 Å². The first-order valence-electron chi connectivity index (χ1n) is 10.9. The third-order valence-corrected chi connectivity index (χ3v) is 6.53. The lowest BCUT2D eigenvalue weighted by molar-refractivity contribution is 0.152. The zero-order valence-corrected chi connectivity index (χ0v) is 17.1. The quantitative estimate of drug-likeness (QED) is 0.430. The monoisotopic (exact) mass is 377 g/mol. The third kappa shape index (κ3) is 5.22. The van der Waals surface area contributed by atoms with E-state index in [1.165, 1.54) is 75.8 Å². The highest BCUT2D eigenvalue weighted by Gasteiger charge is 2.30. The summed E-state index contributed by atoms with van der Waals surface area (Å²) in [4.78, 5) is 0. The molecule has 1 nitrogen and oxygen atoms in total. The van der Waals surface area contributed by atoms with Gasteiger partial charge in [-0.3, -0.25) is 0 Å². The molecule has 2 heteroatoms. The fraction of sp³-hybridized carbons (Fsp3) is 0.500. The largest absolute Gasteiger partial charge is 0.206 e. The summed E-state index contributed by atoms with van der Waals surface area (Å²) in [5.41, 5.74) is 3.69. The van der Waals surface area contributed by atoms with E-state index in [0.717, 1.165) is 12.0 Å². The number of rotatable bonds is 8. The fourth-order valence-corrected chi connectivity index (χ4v) is 4.76. The van der Waals surface area contributed by atoms with Crippen LogP contribution in [-0.4, -0.2) is 0 Å². The van der Waals surface area contributed by atoms with Crippen LogP contribution in [0.3, 0.4) is 0 Å². The van der Waals surface area contributed by atoms with Crippen LogP contribution in [0.2, 0.25) is 0 Å². The molecule has 0 aliphatic heterocycles. The Hall–Kier alpha value is -2.14. The van der Waals surface area contributed by atoms with E-state index in [2.05, 4.69) is 19.1 Å². The molecule has 2 aromatic rings. The lowest BCUT2D eigenvalue weighted by Gasteiger charge is -2.38. The van der Waals surface area contributed by atoms with Crippen molar-refractivity contribution in [2.75, 3.05) is 0 Å². The summed E-state index contributed by atoms with van der Waals surface area (Å²) in [5, 5.41) is 8.90. The molecule has 1 aliphatic rings. The molecule has 2 aromatic carbocycles. The van der Waals surface area contributed by atoms with Gasteiger partial charge in [0.05, 0.1) is 11.6 Å². The normalized spacial score (nSPS) is 15.9. The number of halogens is 1. The highest BCUT2D eigenvalue weighted by molar-refractivity contribution is 5.65. The van der Waals surface area contributed by atoms with Crippen molar-refractivity contribution < 1.29 is 4.39 Å². The molecular weight excluding hydrogens is 345 g/mol. The van der Waals surface area contributed by atoms with Gasteiger partial charge in [-0.2, -0.15) is 5.26 Å². The molecule has 148 valence electrons. The number of benzene rings is 2. The zero-order valence-electron chi connectivity index (χ0n) is 17.1. The van der Waals surface area contributed by atoms with Gasteiger partial charge < -0.3 is 0 Å². The van der Waals surface area contributed by atoms with Gasteiger partial charge in [-0.1, -0.05) is 75.8 Å². The van der Waals surface area contributed by atoms with Gasteiger partial charge in [0.2, 0.25) is 0 Å². The van der Waals surface area contributed by atoms with Crippen molar-refractivity contribution in [1.29, 1.82) is 5.26 Å². The molecule has 0 saturated heterocycles. The van der Waals surface area contributed by atoms with Crippen molar-refractivity contribution in [3.63, 3.8) is 0 Å². The smallest absolute Gasteiger partial charge is 0.132 e. The lowest BCUT2D eigenvalue weighted by atomic mass is 9.68. The Balaban J connectivity index is 1.65. The standard InChI is InChI=1S/C26H32FN/c1-2-3-5-15-26(16-6-4-7-17-26)18-14-21-8-11-23(12-9-21)24-13-10-22(20-28)19-25(24)27/h8-13,19H,2-7,14-18H2,1H3. The Labute approximate surface area is 169 Å². The van der Waals surface area contributed by atoms with Crippen LogP contribution in [0.25, 0.3) is 11.1 Å². The fourth-order valence-electron chi connectivity index (χ4n) is 4.76. The van der Waals surface area contributed by atoms with E-state index in [4.69, 9.17) is 5.26 Å². The first-order chi connectivity index (χ1) is 13.7. The van der Waals surface area contributed by atoms with Gasteiger partial charge in [0.15, 0.2) is 0 Å². The Morgan fingerprint density at radius 3 is 2.36 bits per heavy atom. The Bertz CT molecular complexity index is 794. The van der Waals surface area contributed by atoms with Crippen LogP contribution in [0.15, 0.2) is 42.5 Å². The Morgan fingerprint density at radius 2 is 1.71 bits per heavy atom. The van der Waals surface area contributed by atoms with E-state index in [1.807, 2.05) is 18.2 Å². The number of hydrogen-bond acceptors (Lipinski definition) is 1. The molecule has 1 saturated carbocycles. The summed E-state index contributed by atoms with van der Waals surface area (Å²) in [6, 6.07) is 15.0. The molecule has 1 fully saturated rings. The molecule has 3 rings (SSSR count). The van der Waals surface area contributed by atoms with Gasteiger partial charge in [-0.15, -0.1) is 0 Å². The summed E-state index contributed by atoms with van der Waals surface area (Å²) < 4.78 is 14.3. The molecule has 28 heavy (non-hydrogen) atoms. The second-order valence-corrected chi connectivity index (χ2v) is 8.52. The van der Waals surface area contributed by atoms with Crippen LogP contribution in [-0.2, 0) is 6.42 Å². The Kier molecular flexibility index (Phi) is 7.26. The van der Waals surface area contributed by atoms with Crippen molar-refractivity contribution >= 4 is 0 Å². The van der Waals surface area contributed by atoms with Crippen LogP contribution in [0, 0.1) is 22.6 Å². The number of nitrogens with zero attached hydrogens (tertiary/aromatic N) is 1. The summed E-state index contributed by atoms with van der Waals surface area (Å²) in [7, 11) is 0. The molecule has 0 amide bonds. The number of nitriles is 1. The van der Waals surface area contributed by atoms with Crippen molar-refractivity contribution in [2.45, 2.75) is 77.6 Å². The van der Waals surface area contributed by atoms with E-state index in [-0.39, 0.29) is 5.82 Å². The summed E-state index contributed by atoms with van der Waals surface area (Å²) in [6.45, 7) is 2.28. The maximum absolute atomic E-state index is 14.3. The second kappa shape index (κ2) is 9.87. The highest BCUT2D eigenvalue weighted by atomic mass is 19.1. The van der Waals surface area contributed by atoms with Crippen LogP contribution < -0.4 is 0 Å². The predicted octanol–water partition coefficient (Wildman–Crippen LogP) is 7.83. The summed E-state index contributed by atoms with van der Waals surface area (Å²) in [6.07, 6.45) is 14.8. The number of unbranched alkanes of at least 4 members (excludes halogenated alkanes) is 2. The first kappa shape index (κ1) is 20.6. The molecule has 0 unspecified atom stereocenters. The van der Waals surface area contributed by atoms with Gasteiger partial charge in [-0.05, 0) is 60.8 Å². The minimum absolute atomic E-state index is 0.330. The summed E-state index contributed by atoms with van der Waals surface area (Å²) >= 11 is 0. The highest BCUT2D eigenvalue weighted by Crippen LogP contribution is 2.44. The molecular formula is C26H32FN. The second-order valence-electron chi connectivity index (χ2n) is 8.52. The van der Waals surface area contributed by atoms with Crippen LogP contribution >= 0.6 is 0 Å². The number of hydrogen-bond donors (Lipinski definition) is 0. The van der Waals surface area contributed by atoms with Gasteiger partial charge in [0, 0.05) is 5.56 Å². The first-order valence-corrected chi connectivity index (χ1v) is 10.9. The van der Waals surface area contributed by atoms with Crippen molar-refractivity contribution in [3.05, 3.63) is 59.4 Å². The maximum atomic E-state index is 14.3. The molecule has 0 aromatic heterocycles. The number of aryl methyl sites for hydroxylation is 1. The maximum Gasteiger partial charge on any atom is 0.132 e. The zero-order chi connectivity index (χ0) is 19.8. The SMILES string of the molecule is CCCCCC1(CCc2ccc(-c3ccc(C#N)cc3F)cc2)CCCCC1. The molecule has 0 bridgehead atoms. The average Bonchev–Trinajstić information content (AvgIpc) is 2.74. The van der Waals surface area contributed by atoms with Crippen LogP contribution in [0.5, 0.6) is 0 Å². The lowest BCUT2D eigenvalue weighted by Crippen LogP contribution is -2.25. The van der Waals surface area contributed by atoms with Crippen LogP contribution in [0.1, 0.15) is 82.3 Å². The molecule has 0 spiro atoms. The van der Waals surface area contributed by atoms with Crippen molar-refractivity contribution in [1.82, 2.24) is 0 Å². The van der Waals surface area contributed by atoms with Gasteiger partial charge in [0.25, 0.3) is 0 Å². The van der Waals surface area contributed by atoms with Crippen molar-refractivity contribution in [2.24, 2.45) is 5.41 Å². The van der Waals surface area contributed by atoms with E-state index in [9.17, 15) is 4.39 Å². The van der Waals surface area contributed by atoms with Gasteiger partial charge >= 0.3 is 0 Å². The Morgan fingerprint density at radius 1 is 0.964 bits per heavy atom. The predicted molar refractivity (Wildman–Crippen MR) is 115 cm³/mol. The molecule has 1 aliphatic carbocycles. The van der Waals surface area contributed by atoms with Crippen LogP contribution in [0.4, 0.5) is 4.39 Å². The third-order valence-electron chi connectivity index (χ3n) is 6.53. The molecule has 0 atom stereocenters. The molecule has 0 heterocycles. The van der Waals surface area contributed by atoms with Crippen molar-refractivity contribution in [3.8, 4) is 17.2 Å². The van der Waals surface area contributed by atoms with E-state index in [0.29, 0.717) is 16.5 Å². The molecule has 0 N–H and O–H groups in total. The van der Waals surface area contributed by atoms with E-state index in [1.54, 1.807) is 12.1 Å². The minimum Gasteiger partial charge on any atom is -0.206 e.